The van der Waals surface area contributed by atoms with Gasteiger partial charge in [0.1, 0.15) is 17.9 Å². The molecule has 1 aromatic heterocycles. The van der Waals surface area contributed by atoms with E-state index >= 15 is 0 Å². The molecule has 23 heavy (non-hydrogen) atoms. The molecule has 4 nitrogen and oxygen atoms in total. The largest absolute Gasteiger partial charge is 0.459 e. The van der Waals surface area contributed by atoms with E-state index in [-0.39, 0.29) is 24.0 Å². The Morgan fingerprint density at radius 1 is 1.09 bits per heavy atom. The molecule has 3 rings (SSSR count). The Labute approximate surface area is 152 Å². The zero-order valence-electron chi connectivity index (χ0n) is 13.2. The highest BCUT2D eigenvalue weighted by Crippen LogP contribution is 2.19. The van der Waals surface area contributed by atoms with Crippen molar-refractivity contribution in [2.75, 3.05) is 5.32 Å². The van der Waals surface area contributed by atoms with E-state index in [9.17, 15) is 0 Å². The summed E-state index contributed by atoms with van der Waals surface area (Å²) in [5.41, 5.74) is 10.1. The number of benzene rings is 2. The molecule has 3 aromatic rings. The average Bonchev–Trinajstić information content (AvgIpc) is 2.87. The maximum atomic E-state index is 5.95. The van der Waals surface area contributed by atoms with E-state index in [1.807, 2.05) is 42.5 Å². The van der Waals surface area contributed by atoms with Gasteiger partial charge < -0.3 is 15.5 Å². The zero-order valence-corrected chi connectivity index (χ0v) is 15.5. The second-order valence-corrected chi connectivity index (χ2v) is 5.45. The Balaban J connectivity index is 0.00000192. The van der Waals surface area contributed by atoms with Gasteiger partial charge in [-0.15, -0.1) is 24.0 Å². The third kappa shape index (κ3) is 4.48. The average molecular weight is 421 g/mol. The van der Waals surface area contributed by atoms with Crippen molar-refractivity contribution < 1.29 is 4.42 Å². The number of hydrogen-bond donors (Lipinski definition) is 2. The van der Waals surface area contributed by atoms with Crippen LogP contribution in [-0.2, 0) is 6.54 Å². The maximum absolute atomic E-state index is 5.95. The van der Waals surface area contributed by atoms with E-state index in [0.29, 0.717) is 12.5 Å². The second kappa shape index (κ2) is 7.50. The number of aliphatic imine (C=N–C) groups is 1. The fourth-order valence-electron chi connectivity index (χ4n) is 2.51. The molecule has 0 bridgehead atoms. The summed E-state index contributed by atoms with van der Waals surface area (Å²) < 4.78 is 5.72. The van der Waals surface area contributed by atoms with Gasteiger partial charge in [-0.25, -0.2) is 4.99 Å². The molecule has 0 amide bonds. The summed E-state index contributed by atoms with van der Waals surface area (Å²) in [5.74, 6) is 1.18. The first-order valence-corrected chi connectivity index (χ1v) is 7.23. The first-order chi connectivity index (χ1) is 10.6. The summed E-state index contributed by atoms with van der Waals surface area (Å²) >= 11 is 0. The monoisotopic (exact) mass is 421 g/mol. The van der Waals surface area contributed by atoms with Gasteiger partial charge in [0.25, 0.3) is 0 Å². The smallest absolute Gasteiger partial charge is 0.193 e. The number of anilines is 1. The van der Waals surface area contributed by atoms with E-state index in [4.69, 9.17) is 10.2 Å². The molecule has 2 aromatic carbocycles. The zero-order chi connectivity index (χ0) is 15.5. The van der Waals surface area contributed by atoms with Gasteiger partial charge in [0.2, 0.25) is 0 Å². The van der Waals surface area contributed by atoms with Gasteiger partial charge in [-0.2, -0.15) is 0 Å². The summed E-state index contributed by atoms with van der Waals surface area (Å²) in [6.45, 7) is 4.53. The summed E-state index contributed by atoms with van der Waals surface area (Å²) in [6, 6.07) is 16.1. The quantitative estimate of drug-likeness (QED) is 0.369. The minimum atomic E-state index is 0. The van der Waals surface area contributed by atoms with Crippen LogP contribution in [0.25, 0.3) is 11.0 Å². The fourth-order valence-corrected chi connectivity index (χ4v) is 2.51. The molecule has 0 radical (unpaired) electrons. The predicted molar refractivity (Wildman–Crippen MR) is 106 cm³/mol. The van der Waals surface area contributed by atoms with Crippen molar-refractivity contribution in [1.29, 1.82) is 0 Å². The molecule has 0 unspecified atom stereocenters. The Morgan fingerprint density at radius 2 is 1.78 bits per heavy atom. The summed E-state index contributed by atoms with van der Waals surface area (Å²) in [6.07, 6.45) is 0. The van der Waals surface area contributed by atoms with Crippen molar-refractivity contribution >= 4 is 46.6 Å². The first kappa shape index (κ1) is 17.3. The summed E-state index contributed by atoms with van der Waals surface area (Å²) in [5, 5.41) is 4.19. The molecule has 0 saturated heterocycles. The van der Waals surface area contributed by atoms with E-state index in [1.165, 1.54) is 11.1 Å². The molecule has 0 atom stereocenters. The molecular formula is C18H20IN3O. The highest BCUT2D eigenvalue weighted by molar-refractivity contribution is 14.0. The number of rotatable bonds is 3. The van der Waals surface area contributed by atoms with Gasteiger partial charge in [0.15, 0.2) is 5.96 Å². The van der Waals surface area contributed by atoms with Gasteiger partial charge in [0.05, 0.1) is 0 Å². The van der Waals surface area contributed by atoms with E-state index < -0.39 is 0 Å². The topological polar surface area (TPSA) is 63.5 Å². The molecule has 0 aliphatic heterocycles. The standard InChI is InChI=1S/C18H19N3O.HI/c1-12-7-13(2)9-15(8-12)21-18(19)20-11-16-10-14-5-3-4-6-17(14)22-16;/h3-10H,11H2,1-2H3,(H3,19,20,21);1H. The Kier molecular flexibility index (Phi) is 5.65. The van der Waals surface area contributed by atoms with Crippen LogP contribution in [0.2, 0.25) is 0 Å². The van der Waals surface area contributed by atoms with Gasteiger partial charge in [-0.05, 0) is 49.2 Å². The summed E-state index contributed by atoms with van der Waals surface area (Å²) in [4.78, 5) is 4.33. The van der Waals surface area contributed by atoms with E-state index in [0.717, 1.165) is 22.4 Å². The minimum Gasteiger partial charge on any atom is -0.459 e. The predicted octanol–water partition coefficient (Wildman–Crippen LogP) is 4.59. The SMILES string of the molecule is Cc1cc(C)cc(NC(N)=NCc2cc3ccccc3o2)c1.I. The van der Waals surface area contributed by atoms with Crippen LogP contribution in [0.15, 0.2) is 57.9 Å². The third-order valence-corrected chi connectivity index (χ3v) is 3.38. The molecule has 0 aliphatic rings. The molecule has 1 heterocycles. The summed E-state index contributed by atoms with van der Waals surface area (Å²) in [7, 11) is 0. The lowest BCUT2D eigenvalue weighted by atomic mass is 10.1. The van der Waals surface area contributed by atoms with Gasteiger partial charge >= 0.3 is 0 Å². The number of guanidine groups is 1. The second-order valence-electron chi connectivity index (χ2n) is 5.45. The van der Waals surface area contributed by atoms with Crippen molar-refractivity contribution in [3.05, 3.63) is 65.4 Å². The first-order valence-electron chi connectivity index (χ1n) is 7.23. The number of halogens is 1. The molecule has 3 N–H and O–H groups in total. The number of nitrogens with zero attached hydrogens (tertiary/aromatic N) is 1. The van der Waals surface area contributed by atoms with Crippen LogP contribution in [0.4, 0.5) is 5.69 Å². The number of hydrogen-bond acceptors (Lipinski definition) is 2. The normalized spacial score (nSPS) is 11.3. The van der Waals surface area contributed by atoms with Crippen LogP contribution >= 0.6 is 24.0 Å². The Bertz CT molecular complexity index is 786. The van der Waals surface area contributed by atoms with Crippen molar-refractivity contribution in [3.63, 3.8) is 0 Å². The van der Waals surface area contributed by atoms with Crippen LogP contribution in [0.1, 0.15) is 16.9 Å². The number of nitrogens with one attached hydrogen (secondary N) is 1. The van der Waals surface area contributed by atoms with Gasteiger partial charge in [-0.1, -0.05) is 24.3 Å². The minimum absolute atomic E-state index is 0. The molecular weight excluding hydrogens is 401 g/mol. The molecule has 5 heteroatoms. The molecule has 120 valence electrons. The maximum Gasteiger partial charge on any atom is 0.193 e. The van der Waals surface area contributed by atoms with Crippen molar-refractivity contribution in [3.8, 4) is 0 Å². The number of furan rings is 1. The lowest BCUT2D eigenvalue weighted by Gasteiger charge is -2.07. The molecule has 0 saturated carbocycles. The van der Waals surface area contributed by atoms with Gasteiger partial charge in [-0.3, -0.25) is 0 Å². The molecule has 0 aliphatic carbocycles. The van der Waals surface area contributed by atoms with Crippen LogP contribution in [0.5, 0.6) is 0 Å². The van der Waals surface area contributed by atoms with Crippen molar-refractivity contribution in [1.82, 2.24) is 0 Å². The number of para-hydroxylation sites is 1. The highest BCUT2D eigenvalue weighted by Gasteiger charge is 2.03. The lowest BCUT2D eigenvalue weighted by Crippen LogP contribution is -2.22. The van der Waals surface area contributed by atoms with Crippen molar-refractivity contribution in [2.24, 2.45) is 10.7 Å². The Hall–Kier alpha value is -2.02. The van der Waals surface area contributed by atoms with E-state index in [2.05, 4.69) is 30.2 Å². The number of aryl methyl sites for hydroxylation is 2. The molecule has 0 spiro atoms. The highest BCUT2D eigenvalue weighted by atomic mass is 127. The van der Waals surface area contributed by atoms with Gasteiger partial charge in [0, 0.05) is 11.1 Å². The molecule has 0 fully saturated rings. The number of nitrogens with two attached hydrogens (primary N) is 1. The third-order valence-electron chi connectivity index (χ3n) is 3.38. The van der Waals surface area contributed by atoms with Crippen LogP contribution in [0.3, 0.4) is 0 Å². The van der Waals surface area contributed by atoms with Crippen LogP contribution in [0, 0.1) is 13.8 Å². The fraction of sp³-hybridized carbons (Fsp3) is 0.167. The van der Waals surface area contributed by atoms with Crippen LogP contribution in [-0.4, -0.2) is 5.96 Å². The lowest BCUT2D eigenvalue weighted by molar-refractivity contribution is 0.553. The van der Waals surface area contributed by atoms with Crippen LogP contribution < -0.4 is 11.1 Å². The van der Waals surface area contributed by atoms with Crippen molar-refractivity contribution in [2.45, 2.75) is 20.4 Å². The Morgan fingerprint density at radius 3 is 2.48 bits per heavy atom. The number of fused-ring (bicyclic) bond motifs is 1. The van der Waals surface area contributed by atoms with E-state index in [1.54, 1.807) is 0 Å².